The molecule has 2 spiro atoms. The molecule has 0 saturated carbocycles. The summed E-state index contributed by atoms with van der Waals surface area (Å²) in [5, 5.41) is 0.252. The largest absolute Gasteiger partial charge is 0.416 e. The summed E-state index contributed by atoms with van der Waals surface area (Å²) in [4.78, 5) is 2.55. The third-order valence-corrected chi connectivity index (χ3v) is 21.1. The summed E-state index contributed by atoms with van der Waals surface area (Å²) in [5.41, 5.74) is -0.308. The smallest absolute Gasteiger partial charge is 0.192 e. The van der Waals surface area contributed by atoms with Gasteiger partial charge in [-0.2, -0.15) is 0 Å². The molecule has 3 saturated heterocycles. The number of hydrogen-bond donors (Lipinski definition) is 0. The van der Waals surface area contributed by atoms with E-state index >= 15 is 0 Å². The second-order valence-corrected chi connectivity index (χ2v) is 25.9. The average Bonchev–Trinajstić information content (AvgIpc) is 3.57. The van der Waals surface area contributed by atoms with Crippen molar-refractivity contribution in [3.63, 3.8) is 0 Å². The Hall–Kier alpha value is -1.07. The highest BCUT2D eigenvalue weighted by atomic mass is 28.4. The maximum Gasteiger partial charge on any atom is 0.192 e. The van der Waals surface area contributed by atoms with Crippen LogP contribution in [0.15, 0.2) is 54.6 Å². The van der Waals surface area contributed by atoms with Crippen LogP contribution in [0, 0.1) is 10.8 Å². The highest BCUT2D eigenvalue weighted by Crippen LogP contribution is 2.77. The quantitative estimate of drug-likeness (QED) is 0.246. The fourth-order valence-corrected chi connectivity index (χ4v) is 9.78. The van der Waals surface area contributed by atoms with Crippen LogP contribution >= 0.6 is 0 Å². The summed E-state index contributed by atoms with van der Waals surface area (Å²) in [5.74, 6) is 0. The van der Waals surface area contributed by atoms with Gasteiger partial charge < -0.3 is 18.3 Å². The van der Waals surface area contributed by atoms with Crippen LogP contribution in [0.3, 0.4) is 0 Å². The number of piperidine rings is 1. The van der Waals surface area contributed by atoms with Gasteiger partial charge in [0.15, 0.2) is 16.6 Å². The Morgan fingerprint density at radius 1 is 0.775 bits per heavy atom. The Balaban J connectivity index is 1.45. The second-order valence-electron chi connectivity index (χ2n) is 16.2. The predicted octanol–water partition coefficient (Wildman–Crippen LogP) is 6.93. The lowest BCUT2D eigenvalue weighted by atomic mass is 9.45. The zero-order valence-electron chi connectivity index (χ0n) is 26.5. The van der Waals surface area contributed by atoms with Crippen molar-refractivity contribution in [2.75, 3.05) is 26.3 Å². The van der Waals surface area contributed by atoms with Crippen LogP contribution in [0.1, 0.15) is 47.1 Å². The third-order valence-electron chi connectivity index (χ3n) is 12.1. The predicted molar refractivity (Wildman–Crippen MR) is 166 cm³/mol. The van der Waals surface area contributed by atoms with Gasteiger partial charge >= 0.3 is 0 Å². The van der Waals surface area contributed by atoms with Gasteiger partial charge in [0, 0.05) is 32.8 Å². The van der Waals surface area contributed by atoms with E-state index in [1.165, 1.54) is 5.56 Å². The van der Waals surface area contributed by atoms with Gasteiger partial charge in [-0.05, 0) is 41.8 Å². The number of nitrogens with zero attached hydrogens (tertiary/aromatic N) is 1. The summed E-state index contributed by atoms with van der Waals surface area (Å²) in [6.45, 7) is 27.3. The number of hydrogen-bond acceptors (Lipinski definition) is 5. The first-order valence-corrected chi connectivity index (χ1v) is 21.0. The van der Waals surface area contributed by atoms with Crippen molar-refractivity contribution in [2.24, 2.45) is 10.8 Å². The van der Waals surface area contributed by atoms with Crippen molar-refractivity contribution >= 4 is 16.6 Å². The minimum absolute atomic E-state index is 0.0474. The number of likely N-dealkylation sites (tertiary alicyclic amines) is 1. The molecule has 6 rings (SSSR count). The van der Waals surface area contributed by atoms with E-state index in [2.05, 4.69) is 127 Å². The number of benzene rings is 1. The van der Waals surface area contributed by atoms with Gasteiger partial charge in [0.1, 0.15) is 11.2 Å². The standard InChI is InChI=1S/C33H51NO4Si2/c1-28(2,3)39(7,8)35-23-32-26-16-18-30(37-26)21-34(20-25-14-12-11-13-15-25)22-31(19-17-27(32)38-31)33(30,32)24-36-40(9,10)29(4,5)6/h11-19,26-27H,20-24H2,1-10H3/t26-,27+,30-,31+,32?,33?. The minimum atomic E-state index is -2.05. The van der Waals surface area contributed by atoms with Gasteiger partial charge in [-0.1, -0.05) is 96.2 Å². The van der Waals surface area contributed by atoms with Crippen molar-refractivity contribution in [3.05, 3.63) is 60.2 Å². The fraction of sp³-hybridized carbons (Fsp3) is 0.697. The summed E-state index contributed by atoms with van der Waals surface area (Å²) in [7, 11) is -4.07. The molecule has 0 aliphatic carbocycles. The Morgan fingerprint density at radius 2 is 1.25 bits per heavy atom. The van der Waals surface area contributed by atoms with Crippen LogP contribution in [-0.2, 0) is 24.9 Å². The van der Waals surface area contributed by atoms with Crippen LogP contribution in [-0.4, -0.2) is 71.2 Å². The Kier molecular flexibility index (Phi) is 6.34. The molecule has 7 heteroatoms. The second kappa shape index (κ2) is 8.74. The molecule has 2 unspecified atom stereocenters. The molecule has 0 N–H and O–H groups in total. The maximum absolute atomic E-state index is 7.25. The van der Waals surface area contributed by atoms with Gasteiger partial charge in [-0.15, -0.1) is 0 Å². The molecule has 5 nitrogen and oxygen atoms in total. The molecule has 0 aromatic heterocycles. The molecule has 1 aromatic rings. The molecule has 3 fully saturated rings. The number of ether oxygens (including phenoxy) is 2. The summed E-state index contributed by atoms with van der Waals surface area (Å²) in [6, 6.07) is 10.8. The zero-order chi connectivity index (χ0) is 29.0. The van der Waals surface area contributed by atoms with Gasteiger partial charge in [0.2, 0.25) is 0 Å². The van der Waals surface area contributed by atoms with Gasteiger partial charge in [-0.25, -0.2) is 0 Å². The van der Waals surface area contributed by atoms with E-state index in [0.29, 0.717) is 13.2 Å². The van der Waals surface area contributed by atoms with Crippen molar-refractivity contribution < 1.29 is 18.3 Å². The molecule has 0 amide bonds. The van der Waals surface area contributed by atoms with Crippen LogP contribution in [0.2, 0.25) is 36.3 Å². The normalized spacial score (nSPS) is 38.5. The highest BCUT2D eigenvalue weighted by Gasteiger charge is 2.89. The lowest BCUT2D eigenvalue weighted by Gasteiger charge is -2.61. The lowest BCUT2D eigenvalue weighted by Crippen LogP contribution is -2.75. The number of rotatable bonds is 8. The monoisotopic (exact) mass is 581 g/mol. The van der Waals surface area contributed by atoms with Crippen molar-refractivity contribution in [2.45, 2.75) is 108 Å². The summed E-state index contributed by atoms with van der Waals surface area (Å²) >= 11 is 0. The third kappa shape index (κ3) is 3.67. The van der Waals surface area contributed by atoms with Crippen molar-refractivity contribution in [1.82, 2.24) is 4.90 Å². The summed E-state index contributed by atoms with van der Waals surface area (Å²) in [6.07, 6.45) is 9.33. The van der Waals surface area contributed by atoms with E-state index in [1.54, 1.807) is 0 Å². The Morgan fingerprint density at radius 3 is 1.73 bits per heavy atom. The van der Waals surface area contributed by atoms with E-state index in [4.69, 9.17) is 18.3 Å². The first-order valence-electron chi connectivity index (χ1n) is 15.2. The Bertz CT molecular complexity index is 1180. The molecule has 5 aliphatic heterocycles. The molecular weight excluding hydrogens is 531 g/mol. The lowest BCUT2D eigenvalue weighted by molar-refractivity contribution is -0.184. The van der Waals surface area contributed by atoms with E-state index in [-0.39, 0.29) is 33.1 Å². The zero-order valence-corrected chi connectivity index (χ0v) is 28.5. The van der Waals surface area contributed by atoms with E-state index in [0.717, 1.165) is 19.6 Å². The first-order chi connectivity index (χ1) is 18.4. The number of fused-ring (bicyclic) bond motifs is 4. The van der Waals surface area contributed by atoms with Crippen molar-refractivity contribution in [3.8, 4) is 0 Å². The summed E-state index contributed by atoms with van der Waals surface area (Å²) < 4.78 is 28.9. The van der Waals surface area contributed by atoms with Crippen molar-refractivity contribution in [1.29, 1.82) is 0 Å². The Labute approximate surface area is 244 Å². The minimum Gasteiger partial charge on any atom is -0.416 e. The first kappa shape index (κ1) is 29.0. The van der Waals surface area contributed by atoms with Gasteiger partial charge in [0.25, 0.3) is 0 Å². The molecule has 40 heavy (non-hydrogen) atoms. The van der Waals surface area contributed by atoms with Crippen LogP contribution in [0.25, 0.3) is 0 Å². The maximum atomic E-state index is 7.25. The molecular formula is C33H51NO4Si2. The molecule has 220 valence electrons. The molecule has 1 aromatic carbocycles. The van der Waals surface area contributed by atoms with Crippen LogP contribution in [0.5, 0.6) is 0 Å². The molecule has 4 bridgehead atoms. The average molecular weight is 582 g/mol. The van der Waals surface area contributed by atoms with E-state index in [9.17, 15) is 0 Å². The van der Waals surface area contributed by atoms with Crippen LogP contribution in [0.4, 0.5) is 0 Å². The highest BCUT2D eigenvalue weighted by molar-refractivity contribution is 6.74. The van der Waals surface area contributed by atoms with Crippen LogP contribution < -0.4 is 0 Å². The molecule has 5 heterocycles. The topological polar surface area (TPSA) is 40.2 Å². The molecule has 6 atom stereocenters. The van der Waals surface area contributed by atoms with E-state index in [1.807, 2.05) is 0 Å². The molecule has 0 radical (unpaired) electrons. The fourth-order valence-electron chi connectivity index (χ4n) is 7.74. The van der Waals surface area contributed by atoms with E-state index < -0.39 is 27.8 Å². The SMILES string of the molecule is CC(C)(C)[Si](C)(C)OCC12[C@@H]3C=C[C@@]4(CN(Cc5ccccc5)C[C@]5(C=C[C@H]1O5)C24CO[Si](C)(C)C(C)(C)C)O3. The molecule has 5 aliphatic rings. The van der Waals surface area contributed by atoms with Gasteiger partial charge in [-0.3, -0.25) is 4.90 Å². The van der Waals surface area contributed by atoms with Gasteiger partial charge in [0.05, 0.1) is 23.0 Å².